The number of guanidine groups is 1. The monoisotopic (exact) mass is 382 g/mol. The molecule has 6 nitrogen and oxygen atoms in total. The van der Waals surface area contributed by atoms with Crippen LogP contribution in [0.2, 0.25) is 0 Å². The van der Waals surface area contributed by atoms with Gasteiger partial charge in [0, 0.05) is 25.9 Å². The van der Waals surface area contributed by atoms with Crippen LogP contribution in [-0.2, 0) is 12.7 Å². The number of aliphatic imine (C=N–C) groups is 1. The van der Waals surface area contributed by atoms with Crippen molar-refractivity contribution >= 4 is 5.96 Å². The number of nitrogens with one attached hydrogen (secondary N) is 2. The van der Waals surface area contributed by atoms with Gasteiger partial charge >= 0.3 is 6.18 Å². The summed E-state index contributed by atoms with van der Waals surface area (Å²) >= 11 is 0. The molecule has 1 aromatic carbocycles. The highest BCUT2D eigenvalue weighted by Crippen LogP contribution is 2.29. The Balaban J connectivity index is 1.71. The molecular formula is C18H21F3N4O2. The largest absolute Gasteiger partial charge is 0.497 e. The summed E-state index contributed by atoms with van der Waals surface area (Å²) in [5.41, 5.74) is 0.250. The molecule has 0 aliphatic rings. The Morgan fingerprint density at radius 2 is 1.85 bits per heavy atom. The molecule has 0 atom stereocenters. The summed E-state index contributed by atoms with van der Waals surface area (Å²) in [6, 6.07) is 9.76. The minimum Gasteiger partial charge on any atom is -0.497 e. The lowest BCUT2D eigenvalue weighted by molar-refractivity contribution is -0.137. The normalized spacial score (nSPS) is 11.8. The minimum atomic E-state index is -4.41. The lowest BCUT2D eigenvalue weighted by atomic mass is 10.2. The lowest BCUT2D eigenvalue weighted by Gasteiger charge is -2.13. The Hall–Kier alpha value is -2.97. The minimum absolute atomic E-state index is 0.131. The van der Waals surface area contributed by atoms with Gasteiger partial charge in [0.05, 0.1) is 19.2 Å². The number of hydrogen-bond donors (Lipinski definition) is 2. The highest BCUT2D eigenvalue weighted by Gasteiger charge is 2.30. The topological polar surface area (TPSA) is 67.8 Å². The molecule has 2 aromatic rings. The van der Waals surface area contributed by atoms with Crippen molar-refractivity contribution in [3.63, 3.8) is 0 Å². The Labute approximate surface area is 155 Å². The maximum Gasteiger partial charge on any atom is 0.417 e. The smallest absolute Gasteiger partial charge is 0.417 e. The van der Waals surface area contributed by atoms with E-state index in [4.69, 9.17) is 9.47 Å². The van der Waals surface area contributed by atoms with Crippen molar-refractivity contribution in [3.05, 3.63) is 53.7 Å². The number of pyridine rings is 1. The van der Waals surface area contributed by atoms with Gasteiger partial charge in [-0.05, 0) is 23.8 Å². The van der Waals surface area contributed by atoms with Crippen LogP contribution in [0, 0.1) is 0 Å². The van der Waals surface area contributed by atoms with Gasteiger partial charge in [0.15, 0.2) is 5.96 Å². The zero-order valence-corrected chi connectivity index (χ0v) is 15.0. The first-order valence-corrected chi connectivity index (χ1v) is 8.16. The molecule has 146 valence electrons. The third kappa shape index (κ3) is 6.69. The molecule has 0 amide bonds. The van der Waals surface area contributed by atoms with Crippen LogP contribution in [0.5, 0.6) is 11.6 Å². The predicted octanol–water partition coefficient (Wildman–Crippen LogP) is 2.85. The van der Waals surface area contributed by atoms with Crippen LogP contribution < -0.4 is 20.1 Å². The third-order valence-corrected chi connectivity index (χ3v) is 3.55. The molecule has 2 N–H and O–H groups in total. The molecule has 0 saturated heterocycles. The van der Waals surface area contributed by atoms with E-state index in [-0.39, 0.29) is 12.5 Å². The van der Waals surface area contributed by atoms with E-state index in [0.717, 1.165) is 23.6 Å². The molecule has 27 heavy (non-hydrogen) atoms. The zero-order chi connectivity index (χ0) is 19.7. The summed E-state index contributed by atoms with van der Waals surface area (Å²) in [6.07, 6.45) is -3.66. The van der Waals surface area contributed by atoms with E-state index < -0.39 is 11.7 Å². The van der Waals surface area contributed by atoms with E-state index in [1.807, 2.05) is 24.3 Å². The van der Waals surface area contributed by atoms with E-state index >= 15 is 0 Å². The third-order valence-electron chi connectivity index (χ3n) is 3.55. The van der Waals surface area contributed by atoms with Crippen LogP contribution in [0.15, 0.2) is 47.6 Å². The number of alkyl halides is 3. The number of methoxy groups -OCH3 is 1. The van der Waals surface area contributed by atoms with Gasteiger partial charge in [-0.2, -0.15) is 13.2 Å². The maximum atomic E-state index is 12.5. The fourth-order valence-corrected chi connectivity index (χ4v) is 2.11. The second kappa shape index (κ2) is 9.65. The highest BCUT2D eigenvalue weighted by atomic mass is 19.4. The van der Waals surface area contributed by atoms with Gasteiger partial charge in [-0.1, -0.05) is 12.1 Å². The molecular weight excluding hydrogens is 361 g/mol. The molecule has 0 saturated carbocycles. The van der Waals surface area contributed by atoms with Gasteiger partial charge in [0.1, 0.15) is 12.4 Å². The predicted molar refractivity (Wildman–Crippen MR) is 95.9 cm³/mol. The second-order valence-electron chi connectivity index (χ2n) is 5.43. The number of aromatic nitrogens is 1. The lowest BCUT2D eigenvalue weighted by Crippen LogP contribution is -2.38. The van der Waals surface area contributed by atoms with Crippen molar-refractivity contribution in [1.29, 1.82) is 0 Å². The van der Waals surface area contributed by atoms with Crippen LogP contribution in [0.25, 0.3) is 0 Å². The standard InChI is InChI=1S/C18H21F3N4O2/c1-22-17(25-11-13-3-6-15(26-2)7-4-13)23-9-10-27-16-8-5-14(12-24-16)18(19,20)21/h3-8,12H,9-11H2,1-2H3,(H2,22,23,25). The van der Waals surface area contributed by atoms with Gasteiger partial charge < -0.3 is 20.1 Å². The summed E-state index contributed by atoms with van der Waals surface area (Å²) in [4.78, 5) is 7.74. The van der Waals surface area contributed by atoms with Gasteiger partial charge in [0.2, 0.25) is 5.88 Å². The molecule has 1 aromatic heterocycles. The molecule has 1 heterocycles. The van der Waals surface area contributed by atoms with E-state index in [1.54, 1.807) is 14.2 Å². The molecule has 0 unspecified atom stereocenters. The van der Waals surface area contributed by atoms with E-state index in [1.165, 1.54) is 6.07 Å². The van der Waals surface area contributed by atoms with Gasteiger partial charge in [0.25, 0.3) is 0 Å². The first kappa shape index (κ1) is 20.3. The first-order chi connectivity index (χ1) is 12.9. The number of benzene rings is 1. The number of rotatable bonds is 7. The average Bonchev–Trinajstić information content (AvgIpc) is 2.67. The van der Waals surface area contributed by atoms with E-state index in [9.17, 15) is 13.2 Å². The Morgan fingerprint density at radius 3 is 2.41 bits per heavy atom. The van der Waals surface area contributed by atoms with Crippen molar-refractivity contribution in [2.75, 3.05) is 27.3 Å². The fourth-order valence-electron chi connectivity index (χ4n) is 2.11. The number of ether oxygens (including phenoxy) is 2. The van der Waals surface area contributed by atoms with Crippen molar-refractivity contribution < 1.29 is 22.6 Å². The van der Waals surface area contributed by atoms with Crippen LogP contribution in [0.4, 0.5) is 13.2 Å². The first-order valence-electron chi connectivity index (χ1n) is 8.16. The van der Waals surface area contributed by atoms with Gasteiger partial charge in [-0.25, -0.2) is 4.98 Å². The van der Waals surface area contributed by atoms with Gasteiger partial charge in [-0.15, -0.1) is 0 Å². The summed E-state index contributed by atoms with van der Waals surface area (Å²) in [7, 11) is 3.25. The molecule has 0 aliphatic carbocycles. The number of hydrogen-bond acceptors (Lipinski definition) is 4. The summed E-state index contributed by atoms with van der Waals surface area (Å²) in [6.45, 7) is 1.21. The average molecular weight is 382 g/mol. The van der Waals surface area contributed by atoms with Crippen LogP contribution in [0.1, 0.15) is 11.1 Å². The Kier molecular flexibility index (Phi) is 7.27. The summed E-state index contributed by atoms with van der Waals surface area (Å²) < 4.78 is 47.8. The number of nitrogens with zero attached hydrogens (tertiary/aromatic N) is 2. The molecule has 0 bridgehead atoms. The van der Waals surface area contributed by atoms with Crippen LogP contribution in [-0.4, -0.2) is 38.3 Å². The molecule has 2 rings (SSSR count). The van der Waals surface area contributed by atoms with Gasteiger partial charge in [-0.3, -0.25) is 4.99 Å². The van der Waals surface area contributed by atoms with Crippen molar-refractivity contribution in [2.24, 2.45) is 4.99 Å². The Bertz CT molecular complexity index is 732. The quantitative estimate of drug-likeness (QED) is 0.438. The van der Waals surface area contributed by atoms with E-state index in [2.05, 4.69) is 20.6 Å². The zero-order valence-electron chi connectivity index (χ0n) is 15.0. The van der Waals surface area contributed by atoms with Crippen molar-refractivity contribution in [2.45, 2.75) is 12.7 Å². The fraction of sp³-hybridized carbons (Fsp3) is 0.333. The van der Waals surface area contributed by atoms with Crippen LogP contribution in [0.3, 0.4) is 0 Å². The summed E-state index contributed by atoms with van der Waals surface area (Å²) in [5, 5.41) is 6.20. The van der Waals surface area contributed by atoms with Crippen molar-refractivity contribution in [1.82, 2.24) is 15.6 Å². The molecule has 0 radical (unpaired) electrons. The highest BCUT2D eigenvalue weighted by molar-refractivity contribution is 5.79. The Morgan fingerprint density at radius 1 is 1.11 bits per heavy atom. The summed E-state index contributed by atoms with van der Waals surface area (Å²) in [5.74, 6) is 1.50. The van der Waals surface area contributed by atoms with Crippen LogP contribution >= 0.6 is 0 Å². The molecule has 0 spiro atoms. The molecule has 0 aliphatic heterocycles. The SMILES string of the molecule is CN=C(NCCOc1ccc(C(F)(F)F)cn1)NCc1ccc(OC)cc1. The van der Waals surface area contributed by atoms with E-state index in [0.29, 0.717) is 19.0 Å². The molecule has 0 fully saturated rings. The van der Waals surface area contributed by atoms with Crippen molar-refractivity contribution in [3.8, 4) is 11.6 Å². The molecule has 9 heteroatoms. The maximum absolute atomic E-state index is 12.5. The second-order valence-corrected chi connectivity index (χ2v) is 5.43. The number of halogens is 3.